The fourth-order valence-corrected chi connectivity index (χ4v) is 4.79. The summed E-state index contributed by atoms with van der Waals surface area (Å²) in [4.78, 5) is 26.0. The highest BCUT2D eigenvalue weighted by Gasteiger charge is 2.52. The Labute approximate surface area is 159 Å². The van der Waals surface area contributed by atoms with E-state index in [0.29, 0.717) is 24.3 Å². The fraction of sp³-hybridized carbons (Fsp3) is 0.556. The minimum atomic E-state index is -4.34. The molecule has 27 heavy (non-hydrogen) atoms. The molecular weight excluding hydrogens is 381 g/mol. The van der Waals surface area contributed by atoms with Crippen LogP contribution in [-0.2, 0) is 27.5 Å². The van der Waals surface area contributed by atoms with Crippen molar-refractivity contribution in [3.05, 3.63) is 35.4 Å². The minimum Gasteiger partial charge on any atom is -0.367 e. The largest absolute Gasteiger partial charge is 0.411 e. The van der Waals surface area contributed by atoms with Crippen LogP contribution in [-0.4, -0.2) is 46.2 Å². The van der Waals surface area contributed by atoms with Crippen molar-refractivity contribution in [2.75, 3.05) is 12.4 Å². The van der Waals surface area contributed by atoms with E-state index in [1.807, 2.05) is 6.92 Å². The van der Waals surface area contributed by atoms with Crippen LogP contribution in [0.4, 0.5) is 13.2 Å². The SMILES string of the molecule is CC12CCC(=O)N1C(C(=O)NCc1ccc(COCC(F)(F)F)cc1)CS2. The molecule has 0 radical (unpaired) electrons. The number of carbonyl (C=O) groups is 2. The number of ether oxygens (including phenoxy) is 1. The van der Waals surface area contributed by atoms with E-state index in [-0.39, 0.29) is 23.3 Å². The summed E-state index contributed by atoms with van der Waals surface area (Å²) in [6.07, 6.45) is -3.10. The first-order valence-electron chi connectivity index (χ1n) is 8.64. The normalized spacial score (nSPS) is 25.0. The molecule has 148 valence electrons. The molecule has 0 aromatic heterocycles. The van der Waals surface area contributed by atoms with Crippen LogP contribution in [0.2, 0.25) is 0 Å². The number of nitrogens with zero attached hydrogens (tertiary/aromatic N) is 1. The van der Waals surface area contributed by atoms with Crippen molar-refractivity contribution in [3.63, 3.8) is 0 Å². The van der Waals surface area contributed by atoms with E-state index in [9.17, 15) is 22.8 Å². The van der Waals surface area contributed by atoms with Crippen LogP contribution < -0.4 is 5.32 Å². The molecule has 1 aromatic rings. The molecule has 0 aliphatic carbocycles. The summed E-state index contributed by atoms with van der Waals surface area (Å²) in [5.74, 6) is 0.425. The van der Waals surface area contributed by atoms with Gasteiger partial charge in [0.2, 0.25) is 11.8 Å². The number of hydrogen-bond acceptors (Lipinski definition) is 4. The second kappa shape index (κ2) is 7.71. The van der Waals surface area contributed by atoms with Gasteiger partial charge in [0.1, 0.15) is 12.6 Å². The molecule has 2 saturated heterocycles. The summed E-state index contributed by atoms with van der Waals surface area (Å²) in [6, 6.07) is 6.36. The smallest absolute Gasteiger partial charge is 0.367 e. The Morgan fingerprint density at radius 2 is 2.00 bits per heavy atom. The van der Waals surface area contributed by atoms with Crippen molar-refractivity contribution in [1.29, 1.82) is 0 Å². The number of nitrogens with one attached hydrogen (secondary N) is 1. The number of alkyl halides is 3. The van der Waals surface area contributed by atoms with Crippen molar-refractivity contribution < 1.29 is 27.5 Å². The molecule has 2 heterocycles. The van der Waals surface area contributed by atoms with Crippen molar-refractivity contribution in [2.45, 2.75) is 50.0 Å². The predicted molar refractivity (Wildman–Crippen MR) is 94.7 cm³/mol. The number of amides is 2. The molecule has 2 aliphatic rings. The highest BCUT2D eigenvalue weighted by atomic mass is 32.2. The standard InChI is InChI=1S/C18H21F3N2O3S/c1-17-7-6-15(24)23(17)14(10-27-17)16(25)22-8-12-2-4-13(5-3-12)9-26-11-18(19,20)21/h2-5,14H,6-11H2,1H3,(H,22,25). The van der Waals surface area contributed by atoms with Gasteiger partial charge in [-0.05, 0) is 24.5 Å². The summed E-state index contributed by atoms with van der Waals surface area (Å²) in [5.41, 5.74) is 1.45. The van der Waals surface area contributed by atoms with Gasteiger partial charge in [-0.25, -0.2) is 0 Å². The number of fused-ring (bicyclic) bond motifs is 1. The Morgan fingerprint density at radius 1 is 1.33 bits per heavy atom. The third-order valence-corrected chi connectivity index (χ3v) is 6.28. The maximum Gasteiger partial charge on any atom is 0.411 e. The topological polar surface area (TPSA) is 58.6 Å². The molecule has 0 spiro atoms. The van der Waals surface area contributed by atoms with Gasteiger partial charge in [0, 0.05) is 18.7 Å². The van der Waals surface area contributed by atoms with Gasteiger partial charge in [-0.15, -0.1) is 11.8 Å². The van der Waals surface area contributed by atoms with Gasteiger partial charge >= 0.3 is 6.18 Å². The molecule has 2 atom stereocenters. The first-order valence-corrected chi connectivity index (χ1v) is 9.63. The average molecular weight is 402 g/mol. The zero-order valence-electron chi connectivity index (χ0n) is 14.8. The second-order valence-corrected chi connectivity index (χ2v) is 8.41. The van der Waals surface area contributed by atoms with Gasteiger partial charge in [-0.3, -0.25) is 9.59 Å². The van der Waals surface area contributed by atoms with Gasteiger partial charge in [-0.2, -0.15) is 13.2 Å². The molecule has 2 unspecified atom stereocenters. The summed E-state index contributed by atoms with van der Waals surface area (Å²) in [5, 5.41) is 2.85. The molecule has 9 heteroatoms. The molecular formula is C18H21F3N2O3S. The highest BCUT2D eigenvalue weighted by molar-refractivity contribution is 8.01. The van der Waals surface area contributed by atoms with Gasteiger partial charge in [0.05, 0.1) is 11.5 Å². The van der Waals surface area contributed by atoms with Gasteiger partial charge < -0.3 is 15.0 Å². The molecule has 0 bridgehead atoms. The molecule has 2 fully saturated rings. The molecule has 3 rings (SSSR count). The Morgan fingerprint density at radius 3 is 2.67 bits per heavy atom. The Balaban J connectivity index is 1.49. The Kier molecular flexibility index (Phi) is 5.71. The van der Waals surface area contributed by atoms with E-state index < -0.39 is 18.8 Å². The molecule has 0 saturated carbocycles. The summed E-state index contributed by atoms with van der Waals surface area (Å²) in [6.45, 7) is 0.886. The monoisotopic (exact) mass is 402 g/mol. The maximum absolute atomic E-state index is 12.5. The Bertz CT molecular complexity index is 711. The molecule has 1 aromatic carbocycles. The van der Waals surface area contributed by atoms with Crippen molar-refractivity contribution in [1.82, 2.24) is 10.2 Å². The first kappa shape index (κ1) is 20.0. The van der Waals surface area contributed by atoms with Gasteiger partial charge in [0.25, 0.3) is 0 Å². The van der Waals surface area contributed by atoms with E-state index in [4.69, 9.17) is 0 Å². The van der Waals surface area contributed by atoms with Crippen LogP contribution in [0.1, 0.15) is 30.9 Å². The maximum atomic E-state index is 12.5. The van der Waals surface area contributed by atoms with Crippen LogP contribution in [0.5, 0.6) is 0 Å². The van der Waals surface area contributed by atoms with E-state index >= 15 is 0 Å². The zero-order chi connectivity index (χ0) is 19.7. The third kappa shape index (κ3) is 4.76. The predicted octanol–water partition coefficient (Wildman–Crippen LogP) is 2.84. The summed E-state index contributed by atoms with van der Waals surface area (Å²) < 4.78 is 40.8. The zero-order valence-corrected chi connectivity index (χ0v) is 15.7. The number of carbonyl (C=O) groups excluding carboxylic acids is 2. The van der Waals surface area contributed by atoms with E-state index in [1.54, 1.807) is 40.9 Å². The first-order chi connectivity index (χ1) is 12.7. The van der Waals surface area contributed by atoms with Crippen molar-refractivity contribution in [3.8, 4) is 0 Å². The minimum absolute atomic E-state index is 0.0193. The summed E-state index contributed by atoms with van der Waals surface area (Å²) in [7, 11) is 0. The van der Waals surface area contributed by atoms with E-state index in [0.717, 1.165) is 12.0 Å². The lowest BCUT2D eigenvalue weighted by Gasteiger charge is -2.29. The van der Waals surface area contributed by atoms with Crippen LogP contribution in [0, 0.1) is 0 Å². The second-order valence-electron chi connectivity index (χ2n) is 6.91. The fourth-order valence-electron chi connectivity index (χ4n) is 3.36. The van der Waals surface area contributed by atoms with E-state index in [2.05, 4.69) is 10.1 Å². The number of rotatable bonds is 6. The quantitative estimate of drug-likeness (QED) is 0.795. The number of benzene rings is 1. The molecule has 5 nitrogen and oxygen atoms in total. The average Bonchev–Trinajstić information content (AvgIpc) is 3.09. The lowest BCUT2D eigenvalue weighted by Crippen LogP contribution is -2.49. The van der Waals surface area contributed by atoms with Crippen molar-refractivity contribution >= 4 is 23.6 Å². The number of hydrogen-bond donors (Lipinski definition) is 1. The lowest BCUT2D eigenvalue weighted by atomic mass is 10.1. The van der Waals surface area contributed by atoms with E-state index in [1.165, 1.54) is 0 Å². The Hall–Kier alpha value is -1.74. The highest BCUT2D eigenvalue weighted by Crippen LogP contribution is 2.47. The van der Waals surface area contributed by atoms with Crippen LogP contribution in [0.25, 0.3) is 0 Å². The molecule has 2 amide bonds. The van der Waals surface area contributed by atoms with Crippen LogP contribution in [0.15, 0.2) is 24.3 Å². The van der Waals surface area contributed by atoms with Gasteiger partial charge in [0.15, 0.2) is 0 Å². The molecule has 2 aliphatic heterocycles. The summed E-state index contributed by atoms with van der Waals surface area (Å²) >= 11 is 1.64. The number of thioether (sulfide) groups is 1. The number of halogens is 3. The van der Waals surface area contributed by atoms with Crippen LogP contribution >= 0.6 is 11.8 Å². The van der Waals surface area contributed by atoms with Crippen LogP contribution in [0.3, 0.4) is 0 Å². The van der Waals surface area contributed by atoms with Gasteiger partial charge in [-0.1, -0.05) is 24.3 Å². The van der Waals surface area contributed by atoms with Crippen molar-refractivity contribution in [2.24, 2.45) is 0 Å². The lowest BCUT2D eigenvalue weighted by molar-refractivity contribution is -0.176. The molecule has 1 N–H and O–H groups in total. The third-order valence-electron chi connectivity index (χ3n) is 4.77.